The molecule has 1 N–H and O–H groups in total. The van der Waals surface area contributed by atoms with Crippen LogP contribution in [0.15, 0.2) is 35.2 Å². The van der Waals surface area contributed by atoms with Crippen LogP contribution >= 0.6 is 0 Å². The number of amides is 1. The van der Waals surface area contributed by atoms with Gasteiger partial charge in [0, 0.05) is 56.9 Å². The molecule has 7 nitrogen and oxygen atoms in total. The van der Waals surface area contributed by atoms with Crippen LogP contribution in [0.4, 0.5) is 0 Å². The summed E-state index contributed by atoms with van der Waals surface area (Å²) in [5.74, 6) is 1.14. The maximum atomic E-state index is 12.8. The molecular weight excluding hydrogens is 332 g/mol. The third-order valence-corrected chi connectivity index (χ3v) is 5.47. The number of furan rings is 1. The van der Waals surface area contributed by atoms with E-state index >= 15 is 0 Å². The molecule has 2 aromatic heterocycles. The van der Waals surface area contributed by atoms with Crippen LogP contribution in [0.3, 0.4) is 0 Å². The van der Waals surface area contributed by atoms with Gasteiger partial charge in [-0.05, 0) is 25.0 Å². The first-order chi connectivity index (χ1) is 12.7. The van der Waals surface area contributed by atoms with Crippen molar-refractivity contribution in [1.82, 2.24) is 20.0 Å². The SMILES string of the molecule is Cn1cc(CN2CC[C@@H]3OCC[C@H](C(=O)NCc4ccco4)[C@H]3C2)cn1. The Kier molecular flexibility index (Phi) is 5.08. The summed E-state index contributed by atoms with van der Waals surface area (Å²) in [6, 6.07) is 3.72. The van der Waals surface area contributed by atoms with Crippen molar-refractivity contribution < 1.29 is 13.9 Å². The van der Waals surface area contributed by atoms with Crippen LogP contribution in [0, 0.1) is 11.8 Å². The highest BCUT2D eigenvalue weighted by atomic mass is 16.5. The van der Waals surface area contributed by atoms with Gasteiger partial charge in [0.15, 0.2) is 0 Å². The molecule has 4 heterocycles. The fraction of sp³-hybridized carbons (Fsp3) is 0.579. The molecule has 0 radical (unpaired) electrons. The van der Waals surface area contributed by atoms with Gasteiger partial charge in [0.2, 0.25) is 5.91 Å². The van der Waals surface area contributed by atoms with Gasteiger partial charge < -0.3 is 14.5 Å². The van der Waals surface area contributed by atoms with Gasteiger partial charge in [-0.1, -0.05) is 0 Å². The number of likely N-dealkylation sites (tertiary alicyclic amines) is 1. The molecule has 0 spiro atoms. The summed E-state index contributed by atoms with van der Waals surface area (Å²) in [5, 5.41) is 7.28. The van der Waals surface area contributed by atoms with Crippen molar-refractivity contribution in [2.24, 2.45) is 18.9 Å². The lowest BCUT2D eigenvalue weighted by atomic mass is 9.79. The number of nitrogens with zero attached hydrogens (tertiary/aromatic N) is 3. The van der Waals surface area contributed by atoms with Gasteiger partial charge >= 0.3 is 0 Å². The Morgan fingerprint density at radius 1 is 1.42 bits per heavy atom. The second-order valence-corrected chi connectivity index (χ2v) is 7.31. The molecule has 0 aromatic carbocycles. The summed E-state index contributed by atoms with van der Waals surface area (Å²) >= 11 is 0. The standard InChI is InChI=1S/C19H26N4O3/c1-22-11-14(9-21-22)12-23-6-4-18-17(13-23)16(5-8-26-18)19(24)20-10-15-3-2-7-25-15/h2-3,7,9,11,16-18H,4-6,8,10,12-13H2,1H3,(H,20,24)/t16-,17+,18-/m0/s1. The van der Waals surface area contributed by atoms with Gasteiger partial charge in [-0.3, -0.25) is 14.4 Å². The van der Waals surface area contributed by atoms with Gasteiger partial charge in [0.25, 0.3) is 0 Å². The third kappa shape index (κ3) is 3.83. The van der Waals surface area contributed by atoms with Crippen LogP contribution in [0.25, 0.3) is 0 Å². The maximum absolute atomic E-state index is 12.8. The summed E-state index contributed by atoms with van der Waals surface area (Å²) in [4.78, 5) is 15.2. The molecule has 4 rings (SSSR count). The minimum absolute atomic E-state index is 0.000380. The first kappa shape index (κ1) is 17.3. The molecule has 0 unspecified atom stereocenters. The molecule has 2 fully saturated rings. The van der Waals surface area contributed by atoms with E-state index < -0.39 is 0 Å². The number of rotatable bonds is 5. The Hall–Kier alpha value is -2.12. The van der Waals surface area contributed by atoms with Gasteiger partial charge in [-0.2, -0.15) is 5.10 Å². The van der Waals surface area contributed by atoms with Crippen LogP contribution in [0.1, 0.15) is 24.2 Å². The Labute approximate surface area is 153 Å². The highest BCUT2D eigenvalue weighted by Crippen LogP contribution is 2.33. The zero-order chi connectivity index (χ0) is 17.9. The van der Waals surface area contributed by atoms with E-state index in [4.69, 9.17) is 9.15 Å². The molecule has 2 saturated heterocycles. The third-order valence-electron chi connectivity index (χ3n) is 5.47. The number of carbonyl (C=O) groups excluding carboxylic acids is 1. The van der Waals surface area contributed by atoms with Crippen molar-refractivity contribution >= 4 is 5.91 Å². The Morgan fingerprint density at radius 2 is 2.35 bits per heavy atom. The first-order valence-electron chi connectivity index (χ1n) is 9.30. The number of aromatic nitrogens is 2. The van der Waals surface area contributed by atoms with E-state index in [1.165, 1.54) is 5.56 Å². The van der Waals surface area contributed by atoms with E-state index in [1.807, 2.05) is 30.1 Å². The number of ether oxygens (including phenoxy) is 1. The lowest BCUT2D eigenvalue weighted by Crippen LogP contribution is -2.53. The van der Waals surface area contributed by atoms with Crippen LogP contribution in [-0.4, -0.2) is 46.4 Å². The van der Waals surface area contributed by atoms with Crippen molar-refractivity contribution in [2.45, 2.75) is 32.0 Å². The lowest BCUT2D eigenvalue weighted by molar-refractivity contribution is -0.142. The minimum atomic E-state index is 0.000380. The first-order valence-corrected chi connectivity index (χ1v) is 9.30. The Morgan fingerprint density at radius 3 is 3.12 bits per heavy atom. The van der Waals surface area contributed by atoms with Gasteiger partial charge in [0.1, 0.15) is 5.76 Å². The number of hydrogen-bond acceptors (Lipinski definition) is 5. The van der Waals surface area contributed by atoms with E-state index in [2.05, 4.69) is 21.5 Å². The molecule has 0 bridgehead atoms. The van der Waals surface area contributed by atoms with Gasteiger partial charge in [0.05, 0.1) is 25.1 Å². The summed E-state index contributed by atoms with van der Waals surface area (Å²) in [5.41, 5.74) is 1.21. The molecule has 1 amide bonds. The predicted molar refractivity (Wildman–Crippen MR) is 95.0 cm³/mol. The lowest BCUT2D eigenvalue weighted by Gasteiger charge is -2.44. The molecule has 3 atom stereocenters. The van der Waals surface area contributed by atoms with Crippen LogP contribution in [0.2, 0.25) is 0 Å². The molecule has 0 aliphatic carbocycles. The van der Waals surface area contributed by atoms with Crippen molar-refractivity contribution in [3.8, 4) is 0 Å². The zero-order valence-corrected chi connectivity index (χ0v) is 15.1. The van der Waals surface area contributed by atoms with Crippen molar-refractivity contribution in [2.75, 3.05) is 19.7 Å². The van der Waals surface area contributed by atoms with E-state index in [1.54, 1.807) is 6.26 Å². The fourth-order valence-electron chi connectivity index (χ4n) is 4.18. The number of piperidine rings is 1. The van der Waals surface area contributed by atoms with Crippen molar-refractivity contribution in [1.29, 1.82) is 0 Å². The Balaban J connectivity index is 1.38. The molecule has 2 aromatic rings. The van der Waals surface area contributed by atoms with E-state index in [-0.39, 0.29) is 23.8 Å². The van der Waals surface area contributed by atoms with Gasteiger partial charge in [-0.15, -0.1) is 0 Å². The molecular formula is C19H26N4O3. The fourth-order valence-corrected chi connectivity index (χ4v) is 4.18. The van der Waals surface area contributed by atoms with Crippen molar-refractivity contribution in [3.05, 3.63) is 42.1 Å². The van der Waals surface area contributed by atoms with E-state index in [9.17, 15) is 4.79 Å². The summed E-state index contributed by atoms with van der Waals surface area (Å²) in [6.07, 6.45) is 7.55. The Bertz CT molecular complexity index is 727. The number of nitrogens with one attached hydrogen (secondary N) is 1. The zero-order valence-electron chi connectivity index (χ0n) is 15.1. The predicted octanol–water partition coefficient (Wildman–Crippen LogP) is 1.56. The van der Waals surface area contributed by atoms with Crippen molar-refractivity contribution in [3.63, 3.8) is 0 Å². The second-order valence-electron chi connectivity index (χ2n) is 7.31. The molecule has 7 heteroatoms. The monoisotopic (exact) mass is 358 g/mol. The number of hydrogen-bond donors (Lipinski definition) is 1. The smallest absolute Gasteiger partial charge is 0.224 e. The number of fused-ring (bicyclic) bond motifs is 1. The second kappa shape index (κ2) is 7.63. The van der Waals surface area contributed by atoms with Gasteiger partial charge in [-0.25, -0.2) is 0 Å². The largest absolute Gasteiger partial charge is 0.467 e. The summed E-state index contributed by atoms with van der Waals surface area (Å²) in [6.45, 7) is 3.87. The minimum Gasteiger partial charge on any atom is -0.467 e. The molecule has 26 heavy (non-hydrogen) atoms. The number of carbonyl (C=O) groups is 1. The quantitative estimate of drug-likeness (QED) is 0.878. The average Bonchev–Trinajstić information content (AvgIpc) is 3.31. The molecule has 0 saturated carbocycles. The highest BCUT2D eigenvalue weighted by Gasteiger charge is 2.41. The average molecular weight is 358 g/mol. The van der Waals surface area contributed by atoms with Crippen LogP contribution in [0.5, 0.6) is 0 Å². The van der Waals surface area contributed by atoms with E-state index in [0.29, 0.717) is 13.2 Å². The maximum Gasteiger partial charge on any atom is 0.224 e. The molecule has 2 aliphatic rings. The highest BCUT2D eigenvalue weighted by molar-refractivity contribution is 5.79. The summed E-state index contributed by atoms with van der Waals surface area (Å²) in [7, 11) is 1.93. The van der Waals surface area contributed by atoms with Crippen LogP contribution < -0.4 is 5.32 Å². The van der Waals surface area contributed by atoms with E-state index in [0.717, 1.165) is 38.2 Å². The summed E-state index contributed by atoms with van der Waals surface area (Å²) < 4.78 is 13.1. The van der Waals surface area contributed by atoms with Crippen LogP contribution in [-0.2, 0) is 29.7 Å². The molecule has 140 valence electrons. The molecule has 2 aliphatic heterocycles. The topological polar surface area (TPSA) is 72.5 Å². The number of aryl methyl sites for hydroxylation is 1. The normalized spacial score (nSPS) is 26.4.